The van der Waals surface area contributed by atoms with Crippen molar-refractivity contribution in [1.29, 1.82) is 0 Å². The van der Waals surface area contributed by atoms with Crippen LogP contribution in [0.2, 0.25) is 0 Å². The number of likely N-dealkylation sites (tertiary alicyclic amines) is 1. The maximum atomic E-state index is 12.5. The van der Waals surface area contributed by atoms with Gasteiger partial charge in [-0.05, 0) is 52.0 Å². The number of rotatable bonds is 7. The molecule has 1 aromatic rings. The van der Waals surface area contributed by atoms with Gasteiger partial charge in [0.1, 0.15) is 5.60 Å². The summed E-state index contributed by atoms with van der Waals surface area (Å²) in [6.07, 6.45) is 1.91. The zero-order valence-electron chi connectivity index (χ0n) is 18.6. The summed E-state index contributed by atoms with van der Waals surface area (Å²) in [6.45, 7) is 9.71. The van der Waals surface area contributed by atoms with Crippen LogP contribution in [0.1, 0.15) is 51.2 Å². The quantitative estimate of drug-likeness (QED) is 0.714. The Hall–Kier alpha value is -2.57. The fourth-order valence-electron chi connectivity index (χ4n) is 3.32. The number of piperidine rings is 1. The zero-order chi connectivity index (χ0) is 22.1. The maximum Gasteiger partial charge on any atom is 0.407 e. The van der Waals surface area contributed by atoms with Crippen molar-refractivity contribution < 1.29 is 19.1 Å². The van der Waals surface area contributed by atoms with Crippen molar-refractivity contribution >= 4 is 17.9 Å². The molecule has 30 heavy (non-hydrogen) atoms. The standard InChI is InChI=1S/C23H35N3O4/c1-17-5-7-18(8-6-17)15-21(28)26-13-10-19(11-14-26)16-25-20(27)9-12-24-22(29)30-23(2,3)4/h5-8,19H,9-16H2,1-4H3,(H,24,29)(H,25,27). The van der Waals surface area contributed by atoms with E-state index in [1.165, 1.54) is 5.56 Å². The summed E-state index contributed by atoms with van der Waals surface area (Å²) < 4.78 is 5.13. The van der Waals surface area contributed by atoms with Gasteiger partial charge in [0, 0.05) is 32.6 Å². The van der Waals surface area contributed by atoms with Gasteiger partial charge >= 0.3 is 6.09 Å². The monoisotopic (exact) mass is 417 g/mol. The largest absolute Gasteiger partial charge is 0.444 e. The summed E-state index contributed by atoms with van der Waals surface area (Å²) in [7, 11) is 0. The Morgan fingerprint density at radius 1 is 1.07 bits per heavy atom. The van der Waals surface area contributed by atoms with E-state index in [2.05, 4.69) is 10.6 Å². The molecule has 1 saturated heterocycles. The van der Waals surface area contributed by atoms with Crippen LogP contribution in [0, 0.1) is 12.8 Å². The van der Waals surface area contributed by atoms with Crippen molar-refractivity contribution in [2.45, 2.75) is 59.0 Å². The molecule has 0 aliphatic carbocycles. The van der Waals surface area contributed by atoms with Gasteiger partial charge in [0.15, 0.2) is 0 Å². The van der Waals surface area contributed by atoms with Gasteiger partial charge in [0.05, 0.1) is 6.42 Å². The van der Waals surface area contributed by atoms with E-state index in [1.54, 1.807) is 20.8 Å². The van der Waals surface area contributed by atoms with Gasteiger partial charge in [0.25, 0.3) is 0 Å². The van der Waals surface area contributed by atoms with Crippen LogP contribution in [-0.2, 0) is 20.7 Å². The molecule has 0 saturated carbocycles. The molecule has 0 unspecified atom stereocenters. The summed E-state index contributed by atoms with van der Waals surface area (Å²) in [5.41, 5.74) is 1.68. The number of carbonyl (C=O) groups is 3. The maximum absolute atomic E-state index is 12.5. The molecule has 1 aliphatic rings. The predicted molar refractivity (Wildman–Crippen MR) is 116 cm³/mol. The Bertz CT molecular complexity index is 717. The van der Waals surface area contributed by atoms with Gasteiger partial charge in [-0.1, -0.05) is 29.8 Å². The molecule has 0 bridgehead atoms. The van der Waals surface area contributed by atoms with Crippen molar-refractivity contribution in [3.8, 4) is 0 Å². The normalized spacial score (nSPS) is 14.9. The first kappa shape index (κ1) is 23.7. The van der Waals surface area contributed by atoms with Crippen LogP contribution < -0.4 is 10.6 Å². The highest BCUT2D eigenvalue weighted by Crippen LogP contribution is 2.17. The minimum atomic E-state index is -0.553. The number of carbonyl (C=O) groups excluding carboxylic acids is 3. The van der Waals surface area contributed by atoms with Crippen LogP contribution >= 0.6 is 0 Å². The van der Waals surface area contributed by atoms with Gasteiger partial charge in [-0.2, -0.15) is 0 Å². The lowest BCUT2D eigenvalue weighted by atomic mass is 9.96. The Morgan fingerprint density at radius 2 is 1.70 bits per heavy atom. The van der Waals surface area contributed by atoms with Gasteiger partial charge in [-0.25, -0.2) is 4.79 Å². The Morgan fingerprint density at radius 3 is 2.30 bits per heavy atom. The van der Waals surface area contributed by atoms with Crippen LogP contribution in [-0.4, -0.2) is 54.6 Å². The number of alkyl carbamates (subject to hydrolysis) is 1. The van der Waals surface area contributed by atoms with E-state index in [4.69, 9.17) is 4.74 Å². The van der Waals surface area contributed by atoms with Crippen molar-refractivity contribution in [3.05, 3.63) is 35.4 Å². The first-order valence-electron chi connectivity index (χ1n) is 10.7. The molecular formula is C23H35N3O4. The van der Waals surface area contributed by atoms with Crippen LogP contribution in [0.15, 0.2) is 24.3 Å². The van der Waals surface area contributed by atoms with E-state index < -0.39 is 11.7 Å². The first-order chi connectivity index (χ1) is 14.1. The molecule has 2 rings (SSSR count). The molecular weight excluding hydrogens is 382 g/mol. The fraction of sp³-hybridized carbons (Fsp3) is 0.609. The molecule has 7 heteroatoms. The minimum absolute atomic E-state index is 0.0936. The first-order valence-corrected chi connectivity index (χ1v) is 10.7. The SMILES string of the molecule is Cc1ccc(CC(=O)N2CCC(CNC(=O)CCNC(=O)OC(C)(C)C)CC2)cc1. The van der Waals surface area contributed by atoms with Crippen LogP contribution in [0.3, 0.4) is 0 Å². The molecule has 0 spiro atoms. The smallest absolute Gasteiger partial charge is 0.407 e. The second-order valence-corrected chi connectivity index (χ2v) is 8.97. The molecule has 1 aliphatic heterocycles. The lowest BCUT2D eigenvalue weighted by Gasteiger charge is -2.32. The molecule has 2 N–H and O–H groups in total. The lowest BCUT2D eigenvalue weighted by molar-refractivity contribution is -0.132. The molecule has 7 nitrogen and oxygen atoms in total. The zero-order valence-corrected chi connectivity index (χ0v) is 18.6. The number of amides is 3. The summed E-state index contributed by atoms with van der Waals surface area (Å²) >= 11 is 0. The Balaban J connectivity index is 1.60. The number of nitrogens with zero attached hydrogens (tertiary/aromatic N) is 1. The number of nitrogens with one attached hydrogen (secondary N) is 2. The second kappa shape index (κ2) is 11.0. The van der Waals surface area contributed by atoms with E-state index >= 15 is 0 Å². The molecule has 1 aromatic carbocycles. The van der Waals surface area contributed by atoms with Gasteiger partial charge < -0.3 is 20.3 Å². The number of hydrogen-bond acceptors (Lipinski definition) is 4. The number of aryl methyl sites for hydroxylation is 1. The van der Waals surface area contributed by atoms with Crippen LogP contribution in [0.4, 0.5) is 4.79 Å². The highest BCUT2D eigenvalue weighted by molar-refractivity contribution is 5.79. The highest BCUT2D eigenvalue weighted by atomic mass is 16.6. The van der Waals surface area contributed by atoms with Gasteiger partial charge in [-0.15, -0.1) is 0 Å². The van der Waals surface area contributed by atoms with Crippen molar-refractivity contribution in [2.75, 3.05) is 26.2 Å². The van der Waals surface area contributed by atoms with Gasteiger partial charge in [0.2, 0.25) is 11.8 Å². The van der Waals surface area contributed by atoms with E-state index in [0.717, 1.165) is 31.5 Å². The van der Waals surface area contributed by atoms with E-state index in [9.17, 15) is 14.4 Å². The van der Waals surface area contributed by atoms with Crippen LogP contribution in [0.25, 0.3) is 0 Å². The fourth-order valence-corrected chi connectivity index (χ4v) is 3.32. The average molecular weight is 418 g/mol. The molecule has 0 radical (unpaired) electrons. The third kappa shape index (κ3) is 8.84. The van der Waals surface area contributed by atoms with Crippen LogP contribution in [0.5, 0.6) is 0 Å². The number of ether oxygens (including phenoxy) is 1. The molecule has 1 heterocycles. The summed E-state index contributed by atoms with van der Waals surface area (Å²) in [4.78, 5) is 38.0. The molecule has 3 amide bonds. The molecule has 0 atom stereocenters. The topological polar surface area (TPSA) is 87.7 Å². The third-order valence-electron chi connectivity index (χ3n) is 5.05. The average Bonchev–Trinajstić information content (AvgIpc) is 2.67. The summed E-state index contributed by atoms with van der Waals surface area (Å²) in [5, 5.41) is 5.51. The van der Waals surface area contributed by atoms with E-state index in [1.807, 2.05) is 36.1 Å². The van der Waals surface area contributed by atoms with Crippen molar-refractivity contribution in [3.63, 3.8) is 0 Å². The van der Waals surface area contributed by atoms with Crippen molar-refractivity contribution in [2.24, 2.45) is 5.92 Å². The molecule has 166 valence electrons. The van der Waals surface area contributed by atoms with E-state index in [0.29, 0.717) is 18.9 Å². The second-order valence-electron chi connectivity index (χ2n) is 8.97. The molecule has 0 aromatic heterocycles. The summed E-state index contributed by atoms with van der Waals surface area (Å²) in [6, 6.07) is 8.07. The molecule has 1 fully saturated rings. The lowest BCUT2D eigenvalue weighted by Crippen LogP contribution is -2.42. The Labute approximate surface area is 179 Å². The summed E-state index contributed by atoms with van der Waals surface area (Å²) in [5.74, 6) is 0.440. The predicted octanol–water partition coefficient (Wildman–Crippen LogP) is 2.81. The number of benzene rings is 1. The Kier molecular flexibility index (Phi) is 8.69. The third-order valence-corrected chi connectivity index (χ3v) is 5.05. The minimum Gasteiger partial charge on any atom is -0.444 e. The van der Waals surface area contributed by atoms with Crippen molar-refractivity contribution in [1.82, 2.24) is 15.5 Å². The van der Waals surface area contributed by atoms with Gasteiger partial charge in [-0.3, -0.25) is 9.59 Å². The highest BCUT2D eigenvalue weighted by Gasteiger charge is 2.23. The van der Waals surface area contributed by atoms with E-state index in [-0.39, 0.29) is 24.8 Å². The number of hydrogen-bond donors (Lipinski definition) is 2.